The van der Waals surface area contributed by atoms with Crippen molar-refractivity contribution < 1.29 is 5.11 Å². The summed E-state index contributed by atoms with van der Waals surface area (Å²) in [5, 5.41) is 23.5. The quantitative estimate of drug-likeness (QED) is 0.316. The third-order valence-corrected chi connectivity index (χ3v) is 3.32. The molecular weight excluding hydrogens is 395 g/mol. The molecule has 0 amide bonds. The summed E-state index contributed by atoms with van der Waals surface area (Å²) >= 11 is 0. The van der Waals surface area contributed by atoms with Crippen LogP contribution in [0.2, 0.25) is 0 Å². The van der Waals surface area contributed by atoms with E-state index in [1.165, 1.54) is 0 Å². The Balaban J connectivity index is 0.00000441. The van der Waals surface area contributed by atoms with Gasteiger partial charge in [-0.1, -0.05) is 13.3 Å². The van der Waals surface area contributed by atoms with E-state index in [2.05, 4.69) is 32.7 Å². The normalized spacial score (nSPS) is 12.6. The monoisotopic (exact) mass is 424 g/mol. The van der Waals surface area contributed by atoms with Crippen LogP contribution < -0.4 is 10.6 Å². The number of aromatic nitrogens is 3. The average Bonchev–Trinajstić information content (AvgIpc) is 2.87. The van der Waals surface area contributed by atoms with Gasteiger partial charge in [0, 0.05) is 26.7 Å². The van der Waals surface area contributed by atoms with Crippen LogP contribution in [0, 0.1) is 5.92 Å². The molecule has 0 saturated heterocycles. The molecule has 1 aromatic heterocycles. The van der Waals surface area contributed by atoms with Gasteiger partial charge in [0.25, 0.3) is 0 Å². The van der Waals surface area contributed by atoms with Gasteiger partial charge in [-0.15, -0.1) is 34.2 Å². The summed E-state index contributed by atoms with van der Waals surface area (Å²) < 4.78 is 1.86. The second-order valence-electron chi connectivity index (χ2n) is 5.10. The zero-order chi connectivity index (χ0) is 15.5. The fourth-order valence-corrected chi connectivity index (χ4v) is 2.12. The molecule has 0 spiro atoms. The molecule has 22 heavy (non-hydrogen) atoms. The highest BCUT2D eigenvalue weighted by atomic mass is 127. The minimum Gasteiger partial charge on any atom is -0.396 e. The minimum absolute atomic E-state index is 0. The molecule has 0 fully saturated rings. The molecule has 0 saturated carbocycles. The van der Waals surface area contributed by atoms with E-state index in [0.29, 0.717) is 12.5 Å². The lowest BCUT2D eigenvalue weighted by Gasteiger charge is -2.18. The molecule has 1 atom stereocenters. The maximum Gasteiger partial charge on any atom is 0.191 e. The van der Waals surface area contributed by atoms with Crippen LogP contribution in [0.3, 0.4) is 0 Å². The van der Waals surface area contributed by atoms with E-state index >= 15 is 0 Å². The highest BCUT2D eigenvalue weighted by Crippen LogP contribution is 2.09. The van der Waals surface area contributed by atoms with Gasteiger partial charge in [-0.2, -0.15) is 0 Å². The third kappa shape index (κ3) is 7.92. The molecule has 128 valence electrons. The van der Waals surface area contributed by atoms with Gasteiger partial charge in [0.05, 0.1) is 0 Å². The van der Waals surface area contributed by atoms with E-state index in [1.54, 1.807) is 6.33 Å². The standard InChI is InChI=1S/C14H28N6O.HI/c1-4-6-12(7-8-21)9-16-14(15-5-2)17-10-13-19-18-11-20(13)3;/h11-12,21H,4-10H2,1-3H3,(H2,15,16,17);1H. The van der Waals surface area contributed by atoms with Gasteiger partial charge in [-0.3, -0.25) is 0 Å². The van der Waals surface area contributed by atoms with Crippen molar-refractivity contribution in [2.75, 3.05) is 19.7 Å². The summed E-state index contributed by atoms with van der Waals surface area (Å²) in [5.74, 6) is 2.07. The lowest BCUT2D eigenvalue weighted by molar-refractivity contribution is 0.251. The number of aryl methyl sites for hydroxylation is 1. The topological polar surface area (TPSA) is 87.4 Å². The molecule has 0 radical (unpaired) electrons. The highest BCUT2D eigenvalue weighted by Gasteiger charge is 2.08. The first kappa shape index (κ1) is 21.1. The van der Waals surface area contributed by atoms with Crippen molar-refractivity contribution in [2.45, 2.75) is 39.7 Å². The zero-order valence-corrected chi connectivity index (χ0v) is 16.1. The molecule has 7 nitrogen and oxygen atoms in total. The van der Waals surface area contributed by atoms with Crippen molar-refractivity contribution >= 4 is 29.9 Å². The maximum atomic E-state index is 9.10. The lowest BCUT2D eigenvalue weighted by Crippen LogP contribution is -2.40. The fourth-order valence-electron chi connectivity index (χ4n) is 2.12. The predicted octanol–water partition coefficient (Wildman–Crippen LogP) is 1.29. The Bertz CT molecular complexity index is 417. The predicted molar refractivity (Wildman–Crippen MR) is 99.3 cm³/mol. The number of nitrogens with zero attached hydrogens (tertiary/aromatic N) is 4. The first-order chi connectivity index (χ1) is 10.2. The fraction of sp³-hybridized carbons (Fsp3) is 0.786. The molecule has 1 heterocycles. The number of guanidine groups is 1. The van der Waals surface area contributed by atoms with Crippen LogP contribution in [-0.2, 0) is 13.6 Å². The summed E-state index contributed by atoms with van der Waals surface area (Å²) in [7, 11) is 1.91. The van der Waals surface area contributed by atoms with Crippen LogP contribution >= 0.6 is 24.0 Å². The molecule has 0 aliphatic carbocycles. The largest absolute Gasteiger partial charge is 0.396 e. The number of nitrogens with one attached hydrogen (secondary N) is 2. The number of rotatable bonds is 9. The number of hydrogen-bond acceptors (Lipinski definition) is 4. The molecule has 1 unspecified atom stereocenters. The van der Waals surface area contributed by atoms with Crippen molar-refractivity contribution in [2.24, 2.45) is 18.0 Å². The van der Waals surface area contributed by atoms with Gasteiger partial charge >= 0.3 is 0 Å². The van der Waals surface area contributed by atoms with Gasteiger partial charge < -0.3 is 20.3 Å². The molecule has 0 aliphatic heterocycles. The first-order valence-corrected chi connectivity index (χ1v) is 7.67. The van der Waals surface area contributed by atoms with Crippen molar-refractivity contribution in [1.82, 2.24) is 25.4 Å². The zero-order valence-electron chi connectivity index (χ0n) is 13.7. The molecular formula is C14H29IN6O. The van der Waals surface area contributed by atoms with Gasteiger partial charge in [0.15, 0.2) is 11.8 Å². The van der Waals surface area contributed by atoms with E-state index in [0.717, 1.165) is 44.1 Å². The van der Waals surface area contributed by atoms with Crippen LogP contribution in [0.4, 0.5) is 0 Å². The highest BCUT2D eigenvalue weighted by molar-refractivity contribution is 14.0. The van der Waals surface area contributed by atoms with E-state index in [-0.39, 0.29) is 30.6 Å². The Morgan fingerprint density at radius 3 is 2.68 bits per heavy atom. The van der Waals surface area contributed by atoms with Crippen LogP contribution in [0.1, 0.15) is 38.9 Å². The molecule has 1 rings (SSSR count). The summed E-state index contributed by atoms with van der Waals surface area (Å²) in [5.41, 5.74) is 0. The summed E-state index contributed by atoms with van der Waals surface area (Å²) in [4.78, 5) is 4.52. The van der Waals surface area contributed by atoms with Crippen LogP contribution in [-0.4, -0.2) is 45.5 Å². The van der Waals surface area contributed by atoms with E-state index < -0.39 is 0 Å². The minimum atomic E-state index is 0. The number of hydrogen-bond donors (Lipinski definition) is 3. The second-order valence-corrected chi connectivity index (χ2v) is 5.10. The van der Waals surface area contributed by atoms with Crippen molar-refractivity contribution in [3.8, 4) is 0 Å². The van der Waals surface area contributed by atoms with E-state index in [1.807, 2.05) is 18.5 Å². The Labute approximate surface area is 150 Å². The van der Waals surface area contributed by atoms with Crippen LogP contribution in [0.5, 0.6) is 0 Å². The molecule has 0 bridgehead atoms. The van der Waals surface area contributed by atoms with E-state index in [4.69, 9.17) is 5.11 Å². The smallest absolute Gasteiger partial charge is 0.191 e. The third-order valence-electron chi connectivity index (χ3n) is 3.32. The molecule has 8 heteroatoms. The maximum absolute atomic E-state index is 9.10. The van der Waals surface area contributed by atoms with Crippen LogP contribution in [0.25, 0.3) is 0 Å². The van der Waals surface area contributed by atoms with Gasteiger partial charge in [-0.25, -0.2) is 4.99 Å². The van der Waals surface area contributed by atoms with Crippen molar-refractivity contribution in [1.29, 1.82) is 0 Å². The van der Waals surface area contributed by atoms with Gasteiger partial charge in [0.2, 0.25) is 0 Å². The number of halogens is 1. The number of aliphatic imine (C=N–C) groups is 1. The van der Waals surface area contributed by atoms with Crippen LogP contribution in [0.15, 0.2) is 11.3 Å². The van der Waals surface area contributed by atoms with Gasteiger partial charge in [0.1, 0.15) is 12.9 Å². The Morgan fingerprint density at radius 1 is 1.36 bits per heavy atom. The Kier molecular flexibility index (Phi) is 12.1. The Hall–Kier alpha value is -0.900. The number of aliphatic hydroxyl groups excluding tert-OH is 1. The lowest BCUT2D eigenvalue weighted by atomic mass is 10.0. The molecule has 3 N–H and O–H groups in total. The van der Waals surface area contributed by atoms with E-state index in [9.17, 15) is 0 Å². The second kappa shape index (κ2) is 12.6. The van der Waals surface area contributed by atoms with Crippen molar-refractivity contribution in [3.63, 3.8) is 0 Å². The Morgan fingerprint density at radius 2 is 2.14 bits per heavy atom. The van der Waals surface area contributed by atoms with Crippen molar-refractivity contribution in [3.05, 3.63) is 12.2 Å². The van der Waals surface area contributed by atoms with Gasteiger partial charge in [-0.05, 0) is 25.7 Å². The molecule has 0 aromatic carbocycles. The summed E-state index contributed by atoms with van der Waals surface area (Å²) in [6, 6.07) is 0. The number of aliphatic hydroxyl groups is 1. The SMILES string of the molecule is CCCC(CCO)CNC(=NCc1nncn1C)NCC.I. The molecule has 1 aromatic rings. The summed E-state index contributed by atoms with van der Waals surface area (Å²) in [6.07, 6.45) is 4.72. The summed E-state index contributed by atoms with van der Waals surface area (Å²) in [6.45, 7) is 6.56. The average molecular weight is 424 g/mol. The first-order valence-electron chi connectivity index (χ1n) is 7.67. The molecule has 0 aliphatic rings.